The number of hydrogen-bond acceptors (Lipinski definition) is 4. The summed E-state index contributed by atoms with van der Waals surface area (Å²) in [6, 6.07) is 0.0903. The number of nitrogens with two attached hydrogens (primary N) is 1. The number of aliphatic carboxylic acids is 2. The molecule has 6 nitrogen and oxygen atoms in total. The minimum atomic E-state index is -1.29. The van der Waals surface area contributed by atoms with Crippen molar-refractivity contribution < 1.29 is 19.8 Å². The van der Waals surface area contributed by atoms with Gasteiger partial charge in [-0.25, -0.2) is 0 Å². The first-order valence-electron chi connectivity index (χ1n) is 6.09. The first kappa shape index (κ1) is 19.2. The molecule has 0 aliphatic heterocycles. The lowest BCUT2D eigenvalue weighted by atomic mass is 10.2. The lowest BCUT2D eigenvalue weighted by Crippen LogP contribution is -2.36. The zero-order valence-electron chi connectivity index (χ0n) is 11.9. The Kier molecular flexibility index (Phi) is 10.5. The molecule has 0 saturated heterocycles. The molecule has 0 aliphatic carbocycles. The molecule has 0 heterocycles. The molecule has 6 heteroatoms. The van der Waals surface area contributed by atoms with E-state index in [-0.39, 0.29) is 0 Å². The summed E-state index contributed by atoms with van der Waals surface area (Å²) in [6.45, 7) is 12.3. The Morgan fingerprint density at radius 3 is 1.56 bits per heavy atom. The lowest BCUT2D eigenvalue weighted by Gasteiger charge is -2.28. The van der Waals surface area contributed by atoms with Gasteiger partial charge in [0.05, 0.1) is 6.42 Å². The third kappa shape index (κ3) is 10.0. The zero-order valence-corrected chi connectivity index (χ0v) is 11.9. The van der Waals surface area contributed by atoms with Gasteiger partial charge < -0.3 is 15.9 Å². The van der Waals surface area contributed by atoms with Crippen LogP contribution in [-0.4, -0.2) is 51.7 Å². The van der Waals surface area contributed by atoms with Gasteiger partial charge in [0.15, 0.2) is 0 Å². The van der Waals surface area contributed by atoms with Gasteiger partial charge in [0, 0.05) is 12.1 Å². The number of rotatable bonds is 6. The number of carboxylic acid groups (broad SMARTS) is 2. The fraction of sp³-hybridized carbons (Fsp3) is 0.833. The molecule has 0 radical (unpaired) electrons. The van der Waals surface area contributed by atoms with Crippen molar-refractivity contribution in [3.05, 3.63) is 0 Å². The van der Waals surface area contributed by atoms with Crippen LogP contribution >= 0.6 is 0 Å². The highest BCUT2D eigenvalue weighted by Crippen LogP contribution is 2.02. The van der Waals surface area contributed by atoms with Gasteiger partial charge >= 0.3 is 11.9 Å². The average molecular weight is 262 g/mol. The first-order valence-corrected chi connectivity index (χ1v) is 6.09. The van der Waals surface area contributed by atoms with E-state index in [2.05, 4.69) is 39.5 Å². The quantitative estimate of drug-likeness (QED) is 0.659. The summed E-state index contributed by atoms with van der Waals surface area (Å²) in [6.07, 6.45) is -0.532. The topological polar surface area (TPSA) is 104 Å². The van der Waals surface area contributed by atoms with Crippen LogP contribution in [-0.2, 0) is 9.59 Å². The van der Waals surface area contributed by atoms with E-state index in [4.69, 9.17) is 15.9 Å². The van der Waals surface area contributed by atoms with Crippen LogP contribution in [0.25, 0.3) is 0 Å². The molecular formula is C12H26N2O4. The molecule has 0 fully saturated rings. The van der Waals surface area contributed by atoms with E-state index in [0.29, 0.717) is 12.1 Å². The van der Waals surface area contributed by atoms with Gasteiger partial charge in [-0.3, -0.25) is 14.5 Å². The van der Waals surface area contributed by atoms with Crippen LogP contribution in [0.2, 0.25) is 0 Å². The van der Waals surface area contributed by atoms with Gasteiger partial charge in [0.1, 0.15) is 6.04 Å². The molecular weight excluding hydrogens is 236 g/mol. The normalized spacial score (nSPS) is 12.3. The third-order valence-corrected chi connectivity index (χ3v) is 2.40. The highest BCUT2D eigenvalue weighted by atomic mass is 16.4. The fourth-order valence-electron chi connectivity index (χ4n) is 1.60. The standard InChI is InChI=1S/C8H19N.C4H7NO4/c1-6-9(7(2)3)8(4)5;5-2(4(8)9)1-3(6)7/h7-8H,6H2,1-5H3;2H,1,5H2,(H,6,7)(H,8,9)/t;2-/m.0/s1. The SMILES string of the molecule is CCN(C(C)C)C(C)C.N[C@@H](CC(=O)O)C(=O)O. The molecule has 0 spiro atoms. The van der Waals surface area contributed by atoms with Crippen molar-refractivity contribution in [3.63, 3.8) is 0 Å². The zero-order chi connectivity index (χ0) is 14.9. The van der Waals surface area contributed by atoms with Gasteiger partial charge in [-0.2, -0.15) is 0 Å². The van der Waals surface area contributed by atoms with Crippen molar-refractivity contribution in [3.8, 4) is 0 Å². The summed E-state index contributed by atoms with van der Waals surface area (Å²) in [5.41, 5.74) is 4.84. The molecule has 0 aromatic heterocycles. The molecule has 4 N–H and O–H groups in total. The van der Waals surface area contributed by atoms with Gasteiger partial charge in [-0.1, -0.05) is 6.92 Å². The molecule has 1 atom stereocenters. The molecule has 18 heavy (non-hydrogen) atoms. The van der Waals surface area contributed by atoms with E-state index < -0.39 is 24.4 Å². The lowest BCUT2D eigenvalue weighted by molar-refractivity contribution is -0.144. The van der Waals surface area contributed by atoms with Crippen LogP contribution in [0.15, 0.2) is 0 Å². The average Bonchev–Trinajstić information content (AvgIpc) is 2.16. The maximum absolute atomic E-state index is 9.85. The van der Waals surface area contributed by atoms with E-state index in [1.165, 1.54) is 0 Å². The van der Waals surface area contributed by atoms with Gasteiger partial charge in [0.2, 0.25) is 0 Å². The Labute approximate surface area is 109 Å². The van der Waals surface area contributed by atoms with E-state index in [0.717, 1.165) is 6.54 Å². The predicted molar refractivity (Wildman–Crippen MR) is 70.5 cm³/mol. The third-order valence-electron chi connectivity index (χ3n) is 2.40. The largest absolute Gasteiger partial charge is 0.481 e. The first-order chi connectivity index (χ1) is 8.13. The number of carboxylic acids is 2. The van der Waals surface area contributed by atoms with Gasteiger partial charge in [0.25, 0.3) is 0 Å². The van der Waals surface area contributed by atoms with Crippen LogP contribution in [0.3, 0.4) is 0 Å². The molecule has 0 aromatic carbocycles. The molecule has 0 saturated carbocycles. The number of hydrogen-bond donors (Lipinski definition) is 3. The second-order valence-electron chi connectivity index (χ2n) is 4.56. The Morgan fingerprint density at radius 2 is 1.50 bits per heavy atom. The monoisotopic (exact) mass is 262 g/mol. The minimum absolute atomic E-state index is 0.532. The highest BCUT2D eigenvalue weighted by molar-refractivity contribution is 5.80. The Balaban J connectivity index is 0. The van der Waals surface area contributed by atoms with Crippen LogP contribution < -0.4 is 5.73 Å². The Bertz CT molecular complexity index is 246. The van der Waals surface area contributed by atoms with E-state index in [1.54, 1.807) is 0 Å². The summed E-state index contributed by atoms with van der Waals surface area (Å²) in [4.78, 5) is 22.1. The Hall–Kier alpha value is -1.14. The molecule has 108 valence electrons. The van der Waals surface area contributed by atoms with Crippen molar-refractivity contribution in [2.75, 3.05) is 6.54 Å². The number of carbonyl (C=O) groups is 2. The van der Waals surface area contributed by atoms with Crippen molar-refractivity contribution >= 4 is 11.9 Å². The van der Waals surface area contributed by atoms with Crippen molar-refractivity contribution in [1.82, 2.24) is 4.90 Å². The maximum Gasteiger partial charge on any atom is 0.321 e. The van der Waals surface area contributed by atoms with Crippen molar-refractivity contribution in [2.45, 2.75) is 59.2 Å². The second kappa shape index (κ2) is 9.85. The van der Waals surface area contributed by atoms with Crippen molar-refractivity contribution in [1.29, 1.82) is 0 Å². The van der Waals surface area contributed by atoms with E-state index >= 15 is 0 Å². The molecule has 0 amide bonds. The van der Waals surface area contributed by atoms with Crippen LogP contribution in [0, 0.1) is 0 Å². The molecule has 0 aromatic rings. The maximum atomic E-state index is 9.85. The summed E-state index contributed by atoms with van der Waals surface area (Å²) in [7, 11) is 0. The molecule has 0 unspecified atom stereocenters. The minimum Gasteiger partial charge on any atom is -0.481 e. The number of nitrogens with zero attached hydrogens (tertiary/aromatic N) is 1. The summed E-state index contributed by atoms with van der Waals surface area (Å²) in [5.74, 6) is -2.50. The summed E-state index contributed by atoms with van der Waals surface area (Å²) in [5, 5.41) is 16.0. The second-order valence-corrected chi connectivity index (χ2v) is 4.56. The van der Waals surface area contributed by atoms with Gasteiger partial charge in [-0.15, -0.1) is 0 Å². The predicted octanol–water partition coefficient (Wildman–Crippen LogP) is 0.998. The molecule has 0 rings (SSSR count). The summed E-state index contributed by atoms with van der Waals surface area (Å²) < 4.78 is 0. The fourth-order valence-corrected chi connectivity index (χ4v) is 1.60. The Morgan fingerprint density at radius 1 is 1.11 bits per heavy atom. The van der Waals surface area contributed by atoms with Gasteiger partial charge in [-0.05, 0) is 34.2 Å². The van der Waals surface area contributed by atoms with Crippen LogP contribution in [0.5, 0.6) is 0 Å². The van der Waals surface area contributed by atoms with Crippen LogP contribution in [0.1, 0.15) is 41.0 Å². The smallest absolute Gasteiger partial charge is 0.321 e. The molecule has 0 bridgehead atoms. The molecule has 0 aliphatic rings. The highest BCUT2D eigenvalue weighted by Gasteiger charge is 2.14. The van der Waals surface area contributed by atoms with E-state index in [9.17, 15) is 9.59 Å². The summed E-state index contributed by atoms with van der Waals surface area (Å²) >= 11 is 0. The van der Waals surface area contributed by atoms with Crippen LogP contribution in [0.4, 0.5) is 0 Å². The van der Waals surface area contributed by atoms with E-state index in [1.807, 2.05) is 0 Å². The van der Waals surface area contributed by atoms with Crippen molar-refractivity contribution in [2.24, 2.45) is 5.73 Å².